The number of nitrogens with zero attached hydrogens (tertiary/aromatic N) is 7. The summed E-state index contributed by atoms with van der Waals surface area (Å²) in [5.41, 5.74) is 0. The number of aromatic nitrogens is 4. The van der Waals surface area contributed by atoms with Crippen LogP contribution in [0.15, 0.2) is 37.2 Å². The fourth-order valence-electron chi connectivity index (χ4n) is 5.25. The molecule has 30 heavy (non-hydrogen) atoms. The van der Waals surface area contributed by atoms with E-state index in [1.54, 1.807) is 24.9 Å². The highest BCUT2D eigenvalue weighted by Gasteiger charge is 2.43. The quantitative estimate of drug-likeness (QED) is 0.772. The Morgan fingerprint density at radius 1 is 1.03 bits per heavy atom. The summed E-state index contributed by atoms with van der Waals surface area (Å²) in [4.78, 5) is 32.1. The van der Waals surface area contributed by atoms with Crippen molar-refractivity contribution in [2.24, 2.45) is 11.8 Å². The van der Waals surface area contributed by atoms with E-state index in [1.807, 2.05) is 21.7 Å². The van der Waals surface area contributed by atoms with E-state index in [0.717, 1.165) is 58.1 Å². The predicted molar refractivity (Wildman–Crippen MR) is 111 cm³/mol. The molecule has 2 aromatic heterocycles. The van der Waals surface area contributed by atoms with Gasteiger partial charge < -0.3 is 19.5 Å². The van der Waals surface area contributed by atoms with Crippen molar-refractivity contribution in [1.82, 2.24) is 29.3 Å². The van der Waals surface area contributed by atoms with E-state index in [0.29, 0.717) is 18.4 Å². The standard InChI is InChI=1S/C21H29N7O2/c29-19-11-17-13-28(12-16(17)10-18(19)27-5-4-22-15-27)20(30)14-25-6-8-26(9-7-25)21-23-2-1-3-24-21/h1-5,15-19,29H,6-14H2/t16-,17+,18-,19-/m1/s1. The average molecular weight is 412 g/mol. The maximum absolute atomic E-state index is 13.0. The Bertz CT molecular complexity index is 838. The van der Waals surface area contributed by atoms with E-state index in [-0.39, 0.29) is 18.1 Å². The van der Waals surface area contributed by atoms with Crippen LogP contribution in [0.4, 0.5) is 5.95 Å². The highest BCUT2D eigenvalue weighted by Crippen LogP contribution is 2.41. The van der Waals surface area contributed by atoms with Gasteiger partial charge in [0.15, 0.2) is 0 Å². The molecule has 1 amide bonds. The molecule has 1 N–H and O–H groups in total. The Hall–Kier alpha value is -2.52. The molecule has 160 valence electrons. The SMILES string of the molecule is O=C(CN1CCN(c2ncccn2)CC1)N1C[C@H]2C[C@@H](n3ccnc3)[C@H](O)C[C@H]2C1. The van der Waals surface area contributed by atoms with Gasteiger partial charge in [-0.05, 0) is 30.7 Å². The molecule has 0 aromatic carbocycles. The van der Waals surface area contributed by atoms with Crippen LogP contribution in [0.5, 0.6) is 0 Å². The maximum Gasteiger partial charge on any atom is 0.236 e. The van der Waals surface area contributed by atoms with Gasteiger partial charge in [-0.2, -0.15) is 0 Å². The van der Waals surface area contributed by atoms with E-state index in [9.17, 15) is 9.90 Å². The average Bonchev–Trinajstić information content (AvgIpc) is 3.44. The molecule has 0 bridgehead atoms. The first-order valence-corrected chi connectivity index (χ1v) is 10.8. The highest BCUT2D eigenvalue weighted by molar-refractivity contribution is 5.78. The molecule has 3 aliphatic rings. The number of amides is 1. The molecule has 4 heterocycles. The Morgan fingerprint density at radius 3 is 2.47 bits per heavy atom. The fraction of sp³-hybridized carbons (Fsp3) is 0.619. The normalized spacial score (nSPS) is 29.8. The van der Waals surface area contributed by atoms with Gasteiger partial charge in [-0.1, -0.05) is 0 Å². The lowest BCUT2D eigenvalue weighted by Crippen LogP contribution is -2.50. The number of rotatable bonds is 4. The zero-order valence-corrected chi connectivity index (χ0v) is 17.1. The molecular formula is C21H29N7O2. The van der Waals surface area contributed by atoms with Crippen molar-refractivity contribution >= 4 is 11.9 Å². The van der Waals surface area contributed by atoms with Crippen LogP contribution in [0, 0.1) is 11.8 Å². The van der Waals surface area contributed by atoms with Crippen LogP contribution in [-0.4, -0.2) is 92.2 Å². The molecule has 3 fully saturated rings. The number of piperazine rings is 1. The van der Waals surface area contributed by atoms with Crippen LogP contribution in [0.3, 0.4) is 0 Å². The van der Waals surface area contributed by atoms with Crippen LogP contribution < -0.4 is 4.90 Å². The second-order valence-electron chi connectivity index (χ2n) is 8.75. The first-order chi connectivity index (χ1) is 14.7. The van der Waals surface area contributed by atoms with Crippen LogP contribution in [-0.2, 0) is 4.79 Å². The molecule has 2 aliphatic heterocycles. The number of anilines is 1. The van der Waals surface area contributed by atoms with Gasteiger partial charge in [0.25, 0.3) is 0 Å². The van der Waals surface area contributed by atoms with E-state index in [1.165, 1.54) is 0 Å². The Balaban J connectivity index is 1.13. The molecule has 0 spiro atoms. The highest BCUT2D eigenvalue weighted by atomic mass is 16.3. The van der Waals surface area contributed by atoms with Crippen LogP contribution in [0.1, 0.15) is 18.9 Å². The lowest BCUT2D eigenvalue weighted by atomic mass is 9.77. The zero-order chi connectivity index (χ0) is 20.5. The van der Waals surface area contributed by atoms with E-state index in [2.05, 4.69) is 24.8 Å². The zero-order valence-electron chi connectivity index (χ0n) is 17.1. The molecule has 9 heteroatoms. The first kappa shape index (κ1) is 19.4. The lowest BCUT2D eigenvalue weighted by Gasteiger charge is -2.35. The number of carbonyl (C=O) groups excluding carboxylic acids is 1. The van der Waals surface area contributed by atoms with Gasteiger partial charge in [-0.3, -0.25) is 9.69 Å². The minimum atomic E-state index is -0.371. The molecule has 5 rings (SSSR count). The predicted octanol–water partition coefficient (Wildman–Crippen LogP) is 0.266. The summed E-state index contributed by atoms with van der Waals surface area (Å²) < 4.78 is 2.02. The molecule has 2 aromatic rings. The van der Waals surface area contributed by atoms with E-state index in [4.69, 9.17) is 0 Å². The van der Waals surface area contributed by atoms with Gasteiger partial charge >= 0.3 is 0 Å². The van der Waals surface area contributed by atoms with Crippen molar-refractivity contribution in [1.29, 1.82) is 0 Å². The number of fused-ring (bicyclic) bond motifs is 1. The maximum atomic E-state index is 13.0. The number of carbonyl (C=O) groups is 1. The third-order valence-corrected chi connectivity index (χ3v) is 6.94. The van der Waals surface area contributed by atoms with Crippen molar-refractivity contribution in [2.75, 3.05) is 50.7 Å². The van der Waals surface area contributed by atoms with Crippen LogP contribution >= 0.6 is 0 Å². The fourth-order valence-corrected chi connectivity index (χ4v) is 5.25. The molecular weight excluding hydrogens is 382 g/mol. The smallest absolute Gasteiger partial charge is 0.236 e. The van der Waals surface area contributed by atoms with Crippen molar-refractivity contribution in [3.63, 3.8) is 0 Å². The molecule has 4 atom stereocenters. The van der Waals surface area contributed by atoms with Gasteiger partial charge in [0.05, 0.1) is 25.0 Å². The van der Waals surface area contributed by atoms with Gasteiger partial charge in [0, 0.05) is 64.1 Å². The largest absolute Gasteiger partial charge is 0.391 e. The van der Waals surface area contributed by atoms with Gasteiger partial charge in [-0.25, -0.2) is 15.0 Å². The summed E-state index contributed by atoms with van der Waals surface area (Å²) in [6, 6.07) is 1.89. The van der Waals surface area contributed by atoms with Crippen molar-refractivity contribution < 1.29 is 9.90 Å². The van der Waals surface area contributed by atoms with E-state index < -0.39 is 0 Å². The Kier molecular flexibility index (Phi) is 5.39. The second kappa shape index (κ2) is 8.31. The molecule has 0 unspecified atom stereocenters. The van der Waals surface area contributed by atoms with Crippen LogP contribution in [0.25, 0.3) is 0 Å². The molecule has 9 nitrogen and oxygen atoms in total. The summed E-state index contributed by atoms with van der Waals surface area (Å²) >= 11 is 0. The summed E-state index contributed by atoms with van der Waals surface area (Å²) in [7, 11) is 0. The molecule has 2 saturated heterocycles. The molecule has 1 aliphatic carbocycles. The van der Waals surface area contributed by atoms with Crippen LogP contribution in [0.2, 0.25) is 0 Å². The van der Waals surface area contributed by atoms with E-state index >= 15 is 0 Å². The third kappa shape index (κ3) is 3.91. The number of likely N-dealkylation sites (tertiary alicyclic amines) is 1. The van der Waals surface area contributed by atoms with Crippen molar-refractivity contribution in [3.8, 4) is 0 Å². The van der Waals surface area contributed by atoms with Crippen molar-refractivity contribution in [3.05, 3.63) is 37.2 Å². The van der Waals surface area contributed by atoms with Gasteiger partial charge in [-0.15, -0.1) is 0 Å². The Morgan fingerprint density at radius 2 is 1.77 bits per heavy atom. The second-order valence-corrected chi connectivity index (χ2v) is 8.75. The monoisotopic (exact) mass is 411 g/mol. The summed E-state index contributed by atoms with van der Waals surface area (Å²) in [6.07, 6.45) is 10.3. The minimum Gasteiger partial charge on any atom is -0.391 e. The van der Waals surface area contributed by atoms with Gasteiger partial charge in [0.1, 0.15) is 0 Å². The topological polar surface area (TPSA) is 90.6 Å². The molecule has 1 saturated carbocycles. The summed E-state index contributed by atoms with van der Waals surface area (Å²) in [5, 5.41) is 10.6. The minimum absolute atomic E-state index is 0.0667. The molecule has 0 radical (unpaired) electrons. The number of aliphatic hydroxyl groups excluding tert-OH is 1. The third-order valence-electron chi connectivity index (χ3n) is 6.94. The summed E-state index contributed by atoms with van der Waals surface area (Å²) in [5.74, 6) is 1.83. The van der Waals surface area contributed by atoms with Crippen molar-refractivity contribution in [2.45, 2.75) is 25.0 Å². The number of imidazole rings is 1. The first-order valence-electron chi connectivity index (χ1n) is 10.8. The summed E-state index contributed by atoms with van der Waals surface area (Å²) in [6.45, 7) is 5.39. The number of aliphatic hydroxyl groups is 1. The lowest BCUT2D eigenvalue weighted by molar-refractivity contribution is -0.131. The van der Waals surface area contributed by atoms with Gasteiger partial charge in [0.2, 0.25) is 11.9 Å². The Labute approximate surface area is 176 Å². The number of hydrogen-bond donors (Lipinski definition) is 1. The number of hydrogen-bond acceptors (Lipinski definition) is 7.